The second-order valence-electron chi connectivity index (χ2n) is 4.77. The summed E-state index contributed by atoms with van der Waals surface area (Å²) in [5, 5.41) is 16.7. The van der Waals surface area contributed by atoms with Gasteiger partial charge in [0.05, 0.1) is 4.92 Å². The molecule has 1 saturated carbocycles. The van der Waals surface area contributed by atoms with Crippen molar-refractivity contribution >= 4 is 17.3 Å². The van der Waals surface area contributed by atoms with E-state index in [1.807, 2.05) is 6.92 Å². The zero-order chi connectivity index (χ0) is 13.8. The number of nitro benzene ring substituents is 1. The number of rotatable bonds is 6. The van der Waals surface area contributed by atoms with Crippen LogP contribution in [0.3, 0.4) is 0 Å². The van der Waals surface area contributed by atoms with Crippen molar-refractivity contribution in [2.75, 3.05) is 11.9 Å². The Hall–Kier alpha value is -2.11. The number of nitro groups is 1. The molecule has 0 aliphatic heterocycles. The van der Waals surface area contributed by atoms with E-state index in [4.69, 9.17) is 0 Å². The molecule has 1 aliphatic carbocycles. The summed E-state index contributed by atoms with van der Waals surface area (Å²) >= 11 is 0. The highest BCUT2D eigenvalue weighted by Crippen LogP contribution is 2.22. The normalized spacial score (nSPS) is 13.9. The first kappa shape index (κ1) is 13.3. The molecule has 6 nitrogen and oxygen atoms in total. The van der Waals surface area contributed by atoms with Gasteiger partial charge in [0.25, 0.3) is 5.69 Å². The van der Waals surface area contributed by atoms with Gasteiger partial charge in [-0.15, -0.1) is 0 Å². The number of aryl methyl sites for hydroxylation is 1. The SMILES string of the molecule is Cc1ccc([N+](=O)[O-])cc1NCCC(=O)NC1CC1. The van der Waals surface area contributed by atoms with Crippen molar-refractivity contribution < 1.29 is 9.72 Å². The molecular formula is C13H17N3O3. The van der Waals surface area contributed by atoms with E-state index >= 15 is 0 Å². The van der Waals surface area contributed by atoms with E-state index in [9.17, 15) is 14.9 Å². The highest BCUT2D eigenvalue weighted by atomic mass is 16.6. The smallest absolute Gasteiger partial charge is 0.271 e. The van der Waals surface area contributed by atoms with Gasteiger partial charge in [0.15, 0.2) is 0 Å². The van der Waals surface area contributed by atoms with E-state index in [-0.39, 0.29) is 11.6 Å². The number of hydrogen-bond acceptors (Lipinski definition) is 4. The minimum atomic E-state index is -0.426. The van der Waals surface area contributed by atoms with Gasteiger partial charge in [-0.05, 0) is 25.3 Å². The maximum Gasteiger partial charge on any atom is 0.271 e. The maximum atomic E-state index is 11.5. The number of nitrogens with one attached hydrogen (secondary N) is 2. The minimum Gasteiger partial charge on any atom is -0.384 e. The number of hydrogen-bond donors (Lipinski definition) is 2. The quantitative estimate of drug-likeness (QED) is 0.607. The monoisotopic (exact) mass is 263 g/mol. The lowest BCUT2D eigenvalue weighted by Gasteiger charge is -2.09. The van der Waals surface area contributed by atoms with Crippen molar-refractivity contribution in [3.05, 3.63) is 33.9 Å². The van der Waals surface area contributed by atoms with Crippen LogP contribution in [0.1, 0.15) is 24.8 Å². The summed E-state index contributed by atoms with van der Waals surface area (Å²) in [6.45, 7) is 2.34. The van der Waals surface area contributed by atoms with Crippen molar-refractivity contribution in [3.63, 3.8) is 0 Å². The number of amides is 1. The van der Waals surface area contributed by atoms with Gasteiger partial charge in [0, 0.05) is 36.8 Å². The van der Waals surface area contributed by atoms with Crippen LogP contribution in [0.25, 0.3) is 0 Å². The van der Waals surface area contributed by atoms with Crippen LogP contribution in [-0.2, 0) is 4.79 Å². The number of benzene rings is 1. The van der Waals surface area contributed by atoms with Crippen molar-refractivity contribution in [3.8, 4) is 0 Å². The van der Waals surface area contributed by atoms with Gasteiger partial charge in [0.1, 0.15) is 0 Å². The Bertz CT molecular complexity index is 498. The minimum absolute atomic E-state index is 0.0260. The van der Waals surface area contributed by atoms with E-state index in [0.717, 1.165) is 18.4 Å². The van der Waals surface area contributed by atoms with Gasteiger partial charge in [-0.25, -0.2) is 0 Å². The Morgan fingerprint density at radius 2 is 2.21 bits per heavy atom. The average molecular weight is 263 g/mol. The molecule has 0 aromatic heterocycles. The number of carbonyl (C=O) groups is 1. The lowest BCUT2D eigenvalue weighted by molar-refractivity contribution is -0.384. The first-order chi connectivity index (χ1) is 9.06. The second-order valence-corrected chi connectivity index (χ2v) is 4.77. The van der Waals surface area contributed by atoms with Crippen molar-refractivity contribution in [1.82, 2.24) is 5.32 Å². The zero-order valence-corrected chi connectivity index (χ0v) is 10.8. The molecule has 1 aliphatic rings. The van der Waals surface area contributed by atoms with E-state index in [1.54, 1.807) is 6.07 Å². The Morgan fingerprint density at radius 3 is 2.84 bits per heavy atom. The Balaban J connectivity index is 1.85. The number of nitrogens with zero attached hydrogens (tertiary/aromatic N) is 1. The van der Waals surface area contributed by atoms with Crippen LogP contribution in [0.4, 0.5) is 11.4 Å². The van der Waals surface area contributed by atoms with E-state index < -0.39 is 4.92 Å². The molecule has 1 fully saturated rings. The topological polar surface area (TPSA) is 84.3 Å². The molecule has 1 amide bonds. The fourth-order valence-corrected chi connectivity index (χ4v) is 1.75. The van der Waals surface area contributed by atoms with Gasteiger partial charge >= 0.3 is 0 Å². The first-order valence-electron chi connectivity index (χ1n) is 6.34. The average Bonchev–Trinajstić information content (AvgIpc) is 3.15. The molecule has 0 radical (unpaired) electrons. The summed E-state index contributed by atoms with van der Waals surface area (Å²) in [6.07, 6.45) is 2.52. The molecule has 2 rings (SSSR count). The molecule has 0 saturated heterocycles. The van der Waals surface area contributed by atoms with Crippen LogP contribution in [0.5, 0.6) is 0 Å². The summed E-state index contributed by atoms with van der Waals surface area (Å²) in [5.41, 5.74) is 1.68. The van der Waals surface area contributed by atoms with Crippen LogP contribution in [-0.4, -0.2) is 23.4 Å². The highest BCUT2D eigenvalue weighted by Gasteiger charge is 2.22. The summed E-state index contributed by atoms with van der Waals surface area (Å²) in [6, 6.07) is 5.03. The van der Waals surface area contributed by atoms with Crippen molar-refractivity contribution in [2.24, 2.45) is 0 Å². The molecule has 0 unspecified atom stereocenters. The van der Waals surface area contributed by atoms with Crippen molar-refractivity contribution in [2.45, 2.75) is 32.2 Å². The lowest BCUT2D eigenvalue weighted by atomic mass is 10.2. The standard InChI is InChI=1S/C13H17N3O3/c1-9-2-5-11(16(18)19)8-12(9)14-7-6-13(17)15-10-3-4-10/h2,5,8,10,14H,3-4,6-7H2,1H3,(H,15,17). The Morgan fingerprint density at radius 1 is 1.47 bits per heavy atom. The molecule has 6 heteroatoms. The van der Waals surface area contributed by atoms with Crippen LogP contribution in [0.2, 0.25) is 0 Å². The van der Waals surface area contributed by atoms with E-state index in [0.29, 0.717) is 24.7 Å². The van der Waals surface area contributed by atoms with Crippen LogP contribution in [0, 0.1) is 17.0 Å². The van der Waals surface area contributed by atoms with Crippen LogP contribution in [0.15, 0.2) is 18.2 Å². The molecule has 0 heterocycles. The predicted molar refractivity (Wildman–Crippen MR) is 72.1 cm³/mol. The molecule has 0 bridgehead atoms. The Labute approximate surface area is 111 Å². The molecule has 1 aromatic rings. The highest BCUT2D eigenvalue weighted by molar-refractivity contribution is 5.77. The lowest BCUT2D eigenvalue weighted by Crippen LogP contribution is -2.27. The van der Waals surface area contributed by atoms with Gasteiger partial charge in [-0.2, -0.15) is 0 Å². The number of carbonyl (C=O) groups excluding carboxylic acids is 1. The molecular weight excluding hydrogens is 246 g/mol. The van der Waals surface area contributed by atoms with Gasteiger partial charge in [0.2, 0.25) is 5.91 Å². The molecule has 0 atom stereocenters. The maximum absolute atomic E-state index is 11.5. The second kappa shape index (κ2) is 5.69. The summed E-state index contributed by atoms with van der Waals surface area (Å²) < 4.78 is 0. The fraction of sp³-hybridized carbons (Fsp3) is 0.462. The Kier molecular flexibility index (Phi) is 3.99. The molecule has 0 spiro atoms. The first-order valence-corrected chi connectivity index (χ1v) is 6.34. The molecule has 1 aromatic carbocycles. The van der Waals surface area contributed by atoms with Crippen molar-refractivity contribution in [1.29, 1.82) is 0 Å². The zero-order valence-electron chi connectivity index (χ0n) is 10.8. The van der Waals surface area contributed by atoms with E-state index in [1.165, 1.54) is 12.1 Å². The molecule has 19 heavy (non-hydrogen) atoms. The largest absolute Gasteiger partial charge is 0.384 e. The summed E-state index contributed by atoms with van der Waals surface area (Å²) in [5.74, 6) is 0.0260. The van der Waals surface area contributed by atoms with Gasteiger partial charge in [-0.1, -0.05) is 6.07 Å². The molecule has 102 valence electrons. The molecule has 2 N–H and O–H groups in total. The number of non-ortho nitro benzene ring substituents is 1. The third-order valence-corrected chi connectivity index (χ3v) is 3.04. The predicted octanol–water partition coefficient (Wildman–Crippen LogP) is 1.98. The van der Waals surface area contributed by atoms with E-state index in [2.05, 4.69) is 10.6 Å². The van der Waals surface area contributed by atoms with Crippen LogP contribution >= 0.6 is 0 Å². The fourth-order valence-electron chi connectivity index (χ4n) is 1.75. The number of anilines is 1. The third kappa shape index (κ3) is 3.94. The third-order valence-electron chi connectivity index (χ3n) is 3.04. The summed E-state index contributed by atoms with van der Waals surface area (Å²) in [4.78, 5) is 21.7. The van der Waals surface area contributed by atoms with Gasteiger partial charge in [-0.3, -0.25) is 14.9 Å². The summed E-state index contributed by atoms with van der Waals surface area (Å²) in [7, 11) is 0. The van der Waals surface area contributed by atoms with Crippen LogP contribution < -0.4 is 10.6 Å². The van der Waals surface area contributed by atoms with Gasteiger partial charge < -0.3 is 10.6 Å².